The topological polar surface area (TPSA) is 49.1 Å². The average molecular weight is 484 g/mol. The molecule has 2 heterocycles. The van der Waals surface area contributed by atoms with Crippen molar-refractivity contribution >= 4 is 0 Å². The summed E-state index contributed by atoms with van der Waals surface area (Å²) in [6, 6.07) is 16.7. The van der Waals surface area contributed by atoms with Crippen LogP contribution >= 0.6 is 0 Å². The third-order valence-corrected chi connectivity index (χ3v) is 6.52. The van der Waals surface area contributed by atoms with Crippen LogP contribution in [0.5, 0.6) is 0 Å². The van der Waals surface area contributed by atoms with Gasteiger partial charge in [-0.05, 0) is 74.9 Å². The maximum absolute atomic E-state index is 14.0. The molecule has 3 aromatic rings. The molecule has 0 spiro atoms. The van der Waals surface area contributed by atoms with Gasteiger partial charge in [-0.3, -0.25) is 4.98 Å². The molecule has 0 saturated carbocycles. The smallest absolute Gasteiger partial charge is 0.374 e. The van der Waals surface area contributed by atoms with E-state index in [-0.39, 0.29) is 30.4 Å². The lowest BCUT2D eigenvalue weighted by molar-refractivity contribution is -0.137. The minimum Gasteiger partial charge on any atom is -0.374 e. The molecular formula is C27H25F4N3O. The number of pyridine rings is 1. The first-order valence-electron chi connectivity index (χ1n) is 11.3. The van der Waals surface area contributed by atoms with Crippen molar-refractivity contribution in [2.75, 3.05) is 26.7 Å². The summed E-state index contributed by atoms with van der Waals surface area (Å²) in [6.45, 7) is 1.75. The Morgan fingerprint density at radius 1 is 1.06 bits per heavy atom. The first-order chi connectivity index (χ1) is 16.7. The monoisotopic (exact) mass is 483 g/mol. The molecule has 8 heteroatoms. The van der Waals surface area contributed by atoms with Gasteiger partial charge in [-0.25, -0.2) is 4.39 Å². The van der Waals surface area contributed by atoms with Gasteiger partial charge in [0.1, 0.15) is 5.82 Å². The number of nitrogens with zero attached hydrogens (tertiary/aromatic N) is 3. The van der Waals surface area contributed by atoms with Crippen LogP contribution in [0.4, 0.5) is 17.6 Å². The Kier molecular flexibility index (Phi) is 7.20. The highest BCUT2D eigenvalue weighted by Crippen LogP contribution is 2.37. The summed E-state index contributed by atoms with van der Waals surface area (Å²) in [5.74, 6) is -0.326. The summed E-state index contributed by atoms with van der Waals surface area (Å²) in [5, 5.41) is 8.98. The van der Waals surface area contributed by atoms with E-state index in [1.54, 1.807) is 18.2 Å². The second-order valence-electron chi connectivity index (χ2n) is 9.01. The molecule has 0 atom stereocenters. The van der Waals surface area contributed by atoms with E-state index >= 15 is 0 Å². The molecule has 182 valence electrons. The number of ether oxygens (including phenoxy) is 1. The van der Waals surface area contributed by atoms with Gasteiger partial charge >= 0.3 is 6.18 Å². The molecule has 0 radical (unpaired) electrons. The molecule has 4 rings (SSSR count). The van der Waals surface area contributed by atoms with E-state index in [1.807, 2.05) is 19.2 Å². The van der Waals surface area contributed by atoms with Gasteiger partial charge in [0.15, 0.2) is 0 Å². The fraction of sp³-hybridized carbons (Fsp3) is 0.333. The number of piperidine rings is 1. The van der Waals surface area contributed by atoms with E-state index in [0.717, 1.165) is 43.6 Å². The highest BCUT2D eigenvalue weighted by atomic mass is 19.4. The quantitative estimate of drug-likeness (QED) is 0.406. The van der Waals surface area contributed by atoms with Gasteiger partial charge in [0, 0.05) is 11.0 Å². The Balaban J connectivity index is 1.58. The number of benzene rings is 2. The van der Waals surface area contributed by atoms with Crippen molar-refractivity contribution in [3.63, 3.8) is 0 Å². The molecule has 0 N–H and O–H groups in total. The van der Waals surface area contributed by atoms with Gasteiger partial charge in [-0.1, -0.05) is 24.3 Å². The highest BCUT2D eigenvalue weighted by molar-refractivity contribution is 5.61. The van der Waals surface area contributed by atoms with Crippen LogP contribution in [0.1, 0.15) is 35.2 Å². The van der Waals surface area contributed by atoms with Gasteiger partial charge in [0.05, 0.1) is 41.8 Å². The molecule has 1 aromatic heterocycles. The lowest BCUT2D eigenvalue weighted by atomic mass is 9.73. The van der Waals surface area contributed by atoms with Gasteiger partial charge in [0.2, 0.25) is 0 Å². The molecule has 1 fully saturated rings. The van der Waals surface area contributed by atoms with E-state index in [2.05, 4.69) is 9.88 Å². The third-order valence-electron chi connectivity index (χ3n) is 6.52. The molecule has 35 heavy (non-hydrogen) atoms. The predicted octanol–water partition coefficient (Wildman–Crippen LogP) is 5.96. The number of aromatic nitrogens is 1. The number of alkyl halides is 3. The van der Waals surface area contributed by atoms with Crippen LogP contribution in [0.3, 0.4) is 0 Å². The van der Waals surface area contributed by atoms with E-state index in [1.165, 1.54) is 24.3 Å². The fourth-order valence-corrected chi connectivity index (χ4v) is 4.42. The van der Waals surface area contributed by atoms with Crippen LogP contribution in [0.15, 0.2) is 60.7 Å². The first-order valence-corrected chi connectivity index (χ1v) is 11.3. The van der Waals surface area contributed by atoms with Crippen molar-refractivity contribution in [3.8, 4) is 17.3 Å². The van der Waals surface area contributed by atoms with Crippen molar-refractivity contribution in [1.29, 1.82) is 5.26 Å². The van der Waals surface area contributed by atoms with Crippen LogP contribution < -0.4 is 0 Å². The number of hydrogen-bond acceptors (Lipinski definition) is 4. The van der Waals surface area contributed by atoms with Crippen LogP contribution in [-0.2, 0) is 22.9 Å². The van der Waals surface area contributed by atoms with Crippen molar-refractivity contribution < 1.29 is 22.3 Å². The maximum atomic E-state index is 14.0. The number of halogens is 4. The van der Waals surface area contributed by atoms with E-state index in [4.69, 9.17) is 10.00 Å². The highest BCUT2D eigenvalue weighted by Gasteiger charge is 2.36. The summed E-state index contributed by atoms with van der Waals surface area (Å²) in [5.41, 5.74) is 0.786. The predicted molar refractivity (Wildman–Crippen MR) is 124 cm³/mol. The molecule has 0 amide bonds. The standard InChI is InChI=1S/C27H25F4N3O/c1-34-11-9-26(10-12-34,21-3-2-4-23(28)13-21)18-35-17-24-14-22(27(29,30)31)15-25(33-24)20-7-5-19(16-32)6-8-20/h2-8,13-15H,9-12,17-18H2,1H3. The summed E-state index contributed by atoms with van der Waals surface area (Å²) < 4.78 is 60.8. The largest absolute Gasteiger partial charge is 0.416 e. The molecule has 0 aliphatic carbocycles. The summed E-state index contributed by atoms with van der Waals surface area (Å²) in [6.07, 6.45) is -3.05. The van der Waals surface area contributed by atoms with Crippen molar-refractivity contribution in [1.82, 2.24) is 9.88 Å². The van der Waals surface area contributed by atoms with E-state index < -0.39 is 17.2 Å². The maximum Gasteiger partial charge on any atom is 0.416 e. The van der Waals surface area contributed by atoms with Gasteiger partial charge in [0.25, 0.3) is 0 Å². The van der Waals surface area contributed by atoms with Crippen molar-refractivity contribution in [2.24, 2.45) is 0 Å². The Bertz CT molecular complexity index is 1210. The molecular weight excluding hydrogens is 458 g/mol. The van der Waals surface area contributed by atoms with Crippen molar-refractivity contribution in [2.45, 2.75) is 31.0 Å². The number of hydrogen-bond donors (Lipinski definition) is 0. The molecule has 0 bridgehead atoms. The van der Waals surface area contributed by atoms with Crippen LogP contribution in [0.25, 0.3) is 11.3 Å². The van der Waals surface area contributed by atoms with E-state index in [9.17, 15) is 17.6 Å². The second-order valence-corrected chi connectivity index (χ2v) is 9.01. The molecule has 2 aromatic carbocycles. The molecule has 1 aliphatic rings. The Labute approximate surface area is 201 Å². The van der Waals surface area contributed by atoms with Crippen molar-refractivity contribution in [3.05, 3.63) is 88.9 Å². The number of likely N-dealkylation sites (tertiary alicyclic amines) is 1. The van der Waals surface area contributed by atoms with Crippen LogP contribution in [0, 0.1) is 17.1 Å². The van der Waals surface area contributed by atoms with Crippen LogP contribution in [-0.4, -0.2) is 36.6 Å². The summed E-state index contributed by atoms with van der Waals surface area (Å²) >= 11 is 0. The van der Waals surface area contributed by atoms with Gasteiger partial charge in [-0.15, -0.1) is 0 Å². The molecule has 4 nitrogen and oxygen atoms in total. The zero-order valence-corrected chi connectivity index (χ0v) is 19.3. The second kappa shape index (κ2) is 10.1. The lowest BCUT2D eigenvalue weighted by Crippen LogP contribution is -2.43. The average Bonchev–Trinajstić information content (AvgIpc) is 2.85. The fourth-order valence-electron chi connectivity index (χ4n) is 4.42. The van der Waals surface area contributed by atoms with Gasteiger partial charge < -0.3 is 9.64 Å². The Hall–Kier alpha value is -3.28. The number of rotatable bonds is 6. The Morgan fingerprint density at radius 2 is 1.77 bits per heavy atom. The number of nitriles is 1. The first kappa shape index (κ1) is 24.8. The normalized spacial score (nSPS) is 16.1. The SMILES string of the molecule is CN1CCC(COCc2cc(C(F)(F)F)cc(-c3ccc(C#N)cc3)n2)(c2cccc(F)c2)CC1. The molecule has 0 unspecified atom stereocenters. The minimum absolute atomic E-state index is 0.111. The summed E-state index contributed by atoms with van der Waals surface area (Å²) in [7, 11) is 2.02. The molecule has 1 saturated heterocycles. The summed E-state index contributed by atoms with van der Waals surface area (Å²) in [4.78, 5) is 6.59. The van der Waals surface area contributed by atoms with Crippen LogP contribution in [0.2, 0.25) is 0 Å². The molecule has 1 aliphatic heterocycles. The third kappa shape index (κ3) is 5.87. The zero-order chi connectivity index (χ0) is 25.1. The minimum atomic E-state index is -4.55. The van der Waals surface area contributed by atoms with Gasteiger partial charge in [-0.2, -0.15) is 18.4 Å². The van der Waals surface area contributed by atoms with E-state index in [0.29, 0.717) is 11.1 Å². The Morgan fingerprint density at radius 3 is 2.40 bits per heavy atom. The lowest BCUT2D eigenvalue weighted by Gasteiger charge is -2.41. The zero-order valence-electron chi connectivity index (χ0n) is 19.3.